The summed E-state index contributed by atoms with van der Waals surface area (Å²) in [6, 6.07) is 9.57. The summed E-state index contributed by atoms with van der Waals surface area (Å²) in [4.78, 5) is 27.5. The largest absolute Gasteiger partial charge is 0.350 e. The second kappa shape index (κ2) is 11.3. The number of hydrogen-bond acceptors (Lipinski definition) is 4. The number of carbonyl (C=O) groups excluding carboxylic acids is 2. The highest BCUT2D eigenvalue weighted by atomic mass is 35.5. The Kier molecular flexibility index (Phi) is 9.41. The molecule has 1 atom stereocenters. The van der Waals surface area contributed by atoms with E-state index >= 15 is 0 Å². The summed E-state index contributed by atoms with van der Waals surface area (Å²) in [6.07, 6.45) is 0. The van der Waals surface area contributed by atoms with Crippen LogP contribution in [-0.4, -0.2) is 54.6 Å². The van der Waals surface area contributed by atoms with Gasteiger partial charge in [-0.2, -0.15) is 4.31 Å². The van der Waals surface area contributed by atoms with Crippen LogP contribution in [0.25, 0.3) is 0 Å². The van der Waals surface area contributed by atoms with Gasteiger partial charge in [-0.1, -0.05) is 40.9 Å². The Morgan fingerprint density at radius 1 is 1.00 bits per heavy atom. The second-order valence-electron chi connectivity index (χ2n) is 8.89. The molecule has 0 unspecified atom stereocenters. The highest BCUT2D eigenvalue weighted by Crippen LogP contribution is 2.24. The van der Waals surface area contributed by atoms with E-state index in [1.807, 2.05) is 20.8 Å². The lowest BCUT2D eigenvalue weighted by atomic mass is 10.1. The minimum absolute atomic E-state index is 0.00183. The van der Waals surface area contributed by atoms with Gasteiger partial charge in [-0.25, -0.2) is 8.42 Å². The number of hydrogen-bond donors (Lipinski definition) is 1. The van der Waals surface area contributed by atoms with Gasteiger partial charge >= 0.3 is 0 Å². The molecule has 34 heavy (non-hydrogen) atoms. The average Bonchev–Trinajstić information content (AvgIpc) is 2.71. The molecule has 0 aliphatic heterocycles. The van der Waals surface area contributed by atoms with Gasteiger partial charge in [-0.3, -0.25) is 9.59 Å². The zero-order chi connectivity index (χ0) is 25.8. The zero-order valence-corrected chi connectivity index (χ0v) is 22.7. The summed E-state index contributed by atoms with van der Waals surface area (Å²) >= 11 is 18.1. The summed E-state index contributed by atoms with van der Waals surface area (Å²) in [5.41, 5.74) is 0.0465. The van der Waals surface area contributed by atoms with E-state index < -0.39 is 34.1 Å². The maximum Gasteiger partial charge on any atom is 0.243 e. The summed E-state index contributed by atoms with van der Waals surface area (Å²) in [6.45, 7) is 6.56. The van der Waals surface area contributed by atoms with Gasteiger partial charge in [-0.15, -0.1) is 0 Å². The number of sulfonamides is 1. The Bertz CT molecular complexity index is 1150. The van der Waals surface area contributed by atoms with Crippen LogP contribution in [0, 0.1) is 0 Å². The number of nitrogens with zero attached hydrogens (tertiary/aromatic N) is 2. The Balaban J connectivity index is 2.33. The van der Waals surface area contributed by atoms with E-state index in [9.17, 15) is 18.0 Å². The van der Waals surface area contributed by atoms with E-state index in [1.165, 1.54) is 42.3 Å². The third-order valence-electron chi connectivity index (χ3n) is 4.90. The van der Waals surface area contributed by atoms with Crippen molar-refractivity contribution in [3.63, 3.8) is 0 Å². The van der Waals surface area contributed by atoms with Gasteiger partial charge in [0, 0.05) is 34.2 Å². The first-order valence-electron chi connectivity index (χ1n) is 10.4. The molecule has 0 aliphatic carbocycles. The predicted molar refractivity (Wildman–Crippen MR) is 136 cm³/mol. The van der Waals surface area contributed by atoms with Crippen LogP contribution < -0.4 is 5.32 Å². The van der Waals surface area contributed by atoms with Crippen LogP contribution in [0.5, 0.6) is 0 Å². The van der Waals surface area contributed by atoms with Crippen molar-refractivity contribution >= 4 is 56.6 Å². The molecule has 7 nitrogen and oxygen atoms in total. The van der Waals surface area contributed by atoms with E-state index in [1.54, 1.807) is 19.1 Å². The van der Waals surface area contributed by atoms with Crippen molar-refractivity contribution in [2.24, 2.45) is 0 Å². The number of nitrogens with one attached hydrogen (secondary N) is 1. The van der Waals surface area contributed by atoms with Crippen LogP contribution >= 0.6 is 34.8 Å². The third-order valence-corrected chi connectivity index (χ3v) is 7.56. The maximum atomic E-state index is 13.3. The van der Waals surface area contributed by atoms with E-state index in [0.29, 0.717) is 20.6 Å². The Morgan fingerprint density at radius 2 is 1.56 bits per heavy atom. The topological polar surface area (TPSA) is 86.8 Å². The number of halogens is 3. The van der Waals surface area contributed by atoms with Gasteiger partial charge < -0.3 is 10.2 Å². The summed E-state index contributed by atoms with van der Waals surface area (Å²) in [7, 11) is -2.66. The maximum absolute atomic E-state index is 13.3. The third kappa shape index (κ3) is 7.58. The van der Waals surface area contributed by atoms with Crippen LogP contribution in [0.15, 0.2) is 47.4 Å². The van der Waals surface area contributed by atoms with Crippen molar-refractivity contribution in [2.75, 3.05) is 13.6 Å². The summed E-state index contributed by atoms with van der Waals surface area (Å²) in [5, 5.41) is 4.00. The molecule has 0 heterocycles. The number of carbonyl (C=O) groups is 2. The normalized spacial score (nSPS) is 13.0. The molecule has 0 saturated carbocycles. The molecule has 0 fully saturated rings. The highest BCUT2D eigenvalue weighted by molar-refractivity contribution is 7.89. The van der Waals surface area contributed by atoms with E-state index in [-0.39, 0.29) is 17.3 Å². The van der Waals surface area contributed by atoms with E-state index in [4.69, 9.17) is 34.8 Å². The zero-order valence-electron chi connectivity index (χ0n) is 19.6. The lowest BCUT2D eigenvalue weighted by molar-refractivity contribution is -0.141. The van der Waals surface area contributed by atoms with Crippen molar-refractivity contribution in [3.05, 3.63) is 63.1 Å². The van der Waals surface area contributed by atoms with Crippen LogP contribution in [0.1, 0.15) is 33.3 Å². The van der Waals surface area contributed by atoms with Crippen LogP contribution in [0.4, 0.5) is 0 Å². The highest BCUT2D eigenvalue weighted by Gasteiger charge is 2.31. The molecule has 1 N–H and O–H groups in total. The minimum Gasteiger partial charge on any atom is -0.350 e. The number of rotatable bonds is 8. The molecule has 2 amide bonds. The fourth-order valence-electron chi connectivity index (χ4n) is 3.04. The molecule has 2 rings (SSSR count). The lowest BCUT2D eigenvalue weighted by Gasteiger charge is -2.32. The molecule has 186 valence electrons. The van der Waals surface area contributed by atoms with E-state index in [2.05, 4.69) is 5.32 Å². The van der Waals surface area contributed by atoms with Gasteiger partial charge in [0.05, 0.1) is 11.4 Å². The predicted octanol–water partition coefficient (Wildman–Crippen LogP) is 4.60. The molecular formula is C23H28Cl3N3O4S. The minimum atomic E-state index is -3.96. The Labute approximate surface area is 216 Å². The molecule has 2 aromatic rings. The van der Waals surface area contributed by atoms with Crippen LogP contribution in [-0.2, 0) is 26.2 Å². The number of likely N-dealkylation sites (N-methyl/N-ethyl adjacent to an activating group) is 1. The van der Waals surface area contributed by atoms with Crippen molar-refractivity contribution in [2.45, 2.75) is 50.7 Å². The van der Waals surface area contributed by atoms with Crippen molar-refractivity contribution in [1.29, 1.82) is 0 Å². The quantitative estimate of drug-likeness (QED) is 0.522. The first-order chi connectivity index (χ1) is 15.6. The van der Waals surface area contributed by atoms with Crippen molar-refractivity contribution in [1.82, 2.24) is 14.5 Å². The molecule has 0 spiro atoms. The second-order valence-corrected chi connectivity index (χ2v) is 12.2. The van der Waals surface area contributed by atoms with Gasteiger partial charge in [0.15, 0.2) is 0 Å². The fourth-order valence-corrected chi connectivity index (χ4v) is 4.76. The molecule has 11 heteroatoms. The molecule has 2 aromatic carbocycles. The van der Waals surface area contributed by atoms with Gasteiger partial charge in [0.2, 0.25) is 21.8 Å². The van der Waals surface area contributed by atoms with Crippen LogP contribution in [0.2, 0.25) is 15.1 Å². The van der Waals surface area contributed by atoms with Crippen molar-refractivity contribution in [3.8, 4) is 0 Å². The standard InChI is InChI=1S/C23H28Cl3N3O4S/c1-15(22(31)27-23(2,3)4)29(13-16-6-7-18(25)12-20(16)26)21(30)14-28(5)34(32,33)19-10-8-17(24)9-11-19/h6-12,15H,13-14H2,1-5H3,(H,27,31)/t15-/m0/s1. The molecule has 0 radical (unpaired) electrons. The monoisotopic (exact) mass is 547 g/mol. The molecule has 0 aliphatic rings. The molecule has 0 aromatic heterocycles. The SMILES string of the molecule is C[C@@H](C(=O)NC(C)(C)C)N(Cc1ccc(Cl)cc1Cl)C(=O)CN(C)S(=O)(=O)c1ccc(Cl)cc1. The number of benzene rings is 2. The Morgan fingerprint density at radius 3 is 2.09 bits per heavy atom. The smallest absolute Gasteiger partial charge is 0.243 e. The van der Waals surface area contributed by atoms with Crippen LogP contribution in [0.3, 0.4) is 0 Å². The Hall–Kier alpha value is -1.84. The first-order valence-corrected chi connectivity index (χ1v) is 13.0. The molecular weight excluding hydrogens is 521 g/mol. The lowest BCUT2D eigenvalue weighted by Crippen LogP contribution is -2.54. The summed E-state index contributed by atoms with van der Waals surface area (Å²) < 4.78 is 26.8. The summed E-state index contributed by atoms with van der Waals surface area (Å²) in [5.74, 6) is -0.947. The van der Waals surface area contributed by atoms with Gasteiger partial charge in [0.1, 0.15) is 6.04 Å². The van der Waals surface area contributed by atoms with E-state index in [0.717, 1.165) is 4.31 Å². The average molecular weight is 549 g/mol. The molecule has 0 saturated heterocycles. The number of amides is 2. The van der Waals surface area contributed by atoms with Gasteiger partial charge in [-0.05, 0) is 69.7 Å². The van der Waals surface area contributed by atoms with Crippen molar-refractivity contribution < 1.29 is 18.0 Å². The fraction of sp³-hybridized carbons (Fsp3) is 0.391. The van der Waals surface area contributed by atoms with Gasteiger partial charge in [0.25, 0.3) is 0 Å². The molecule has 0 bridgehead atoms. The first kappa shape index (κ1) is 28.4.